The van der Waals surface area contributed by atoms with Crippen LogP contribution in [0.3, 0.4) is 0 Å². The molecular formula is C30H28F3N3O4. The van der Waals surface area contributed by atoms with Crippen LogP contribution in [-0.2, 0) is 27.3 Å². The molecule has 4 aromatic rings. The zero-order chi connectivity index (χ0) is 29.0. The van der Waals surface area contributed by atoms with Crippen LogP contribution in [-0.4, -0.2) is 33.6 Å². The van der Waals surface area contributed by atoms with Crippen molar-refractivity contribution < 1.29 is 32.3 Å². The lowest BCUT2D eigenvalue weighted by Crippen LogP contribution is -2.28. The minimum absolute atomic E-state index is 0.156. The van der Waals surface area contributed by atoms with Gasteiger partial charge in [-0.1, -0.05) is 55.8 Å². The van der Waals surface area contributed by atoms with E-state index in [0.29, 0.717) is 23.4 Å². The molecule has 4 rings (SSSR count). The Morgan fingerprint density at radius 3 is 2.38 bits per heavy atom. The number of ether oxygens (including phenoxy) is 1. The normalized spacial score (nSPS) is 11.4. The molecule has 0 spiro atoms. The highest BCUT2D eigenvalue weighted by molar-refractivity contribution is 6.03. The second kappa shape index (κ2) is 11.7. The van der Waals surface area contributed by atoms with Crippen molar-refractivity contribution in [2.24, 2.45) is 0 Å². The number of aromatic nitrogens is 2. The first-order valence-electron chi connectivity index (χ1n) is 12.8. The lowest BCUT2D eigenvalue weighted by atomic mass is 9.98. The fourth-order valence-electron chi connectivity index (χ4n) is 4.50. The van der Waals surface area contributed by atoms with Gasteiger partial charge in [-0.15, -0.1) is 0 Å². The molecule has 1 amide bonds. The molecule has 0 saturated heterocycles. The molecule has 0 saturated carbocycles. The summed E-state index contributed by atoms with van der Waals surface area (Å²) in [6.07, 6.45) is -2.53. The lowest BCUT2D eigenvalue weighted by Gasteiger charge is -2.13. The molecule has 0 aliphatic heterocycles. The molecule has 0 fully saturated rings. The van der Waals surface area contributed by atoms with Crippen LogP contribution in [0.25, 0.3) is 22.2 Å². The third kappa shape index (κ3) is 6.39. The molecule has 0 radical (unpaired) electrons. The van der Waals surface area contributed by atoms with Crippen LogP contribution in [0, 0.1) is 6.92 Å². The van der Waals surface area contributed by atoms with Gasteiger partial charge in [0, 0.05) is 25.6 Å². The Balaban J connectivity index is 1.66. The van der Waals surface area contributed by atoms with Gasteiger partial charge in [0.15, 0.2) is 0 Å². The maximum absolute atomic E-state index is 12.6. The number of carbonyl (C=O) groups excluding carboxylic acids is 3. The maximum atomic E-state index is 12.6. The van der Waals surface area contributed by atoms with Gasteiger partial charge in [0.2, 0.25) is 5.91 Å². The number of carbonyl (C=O) groups is 3. The van der Waals surface area contributed by atoms with Gasteiger partial charge < -0.3 is 14.6 Å². The summed E-state index contributed by atoms with van der Waals surface area (Å²) in [7, 11) is 0. The molecule has 1 N–H and O–H groups in total. The summed E-state index contributed by atoms with van der Waals surface area (Å²) in [5.74, 6) is -3.19. The van der Waals surface area contributed by atoms with Crippen molar-refractivity contribution in [1.82, 2.24) is 9.55 Å². The minimum atomic E-state index is -5.28. The van der Waals surface area contributed by atoms with E-state index in [2.05, 4.69) is 21.5 Å². The van der Waals surface area contributed by atoms with E-state index in [1.807, 2.05) is 31.2 Å². The van der Waals surface area contributed by atoms with E-state index in [1.165, 1.54) is 19.1 Å². The summed E-state index contributed by atoms with van der Waals surface area (Å²) in [5, 5.41) is 2.84. The molecule has 0 aliphatic rings. The predicted molar refractivity (Wildman–Crippen MR) is 145 cm³/mol. The van der Waals surface area contributed by atoms with Crippen LogP contribution in [0.5, 0.6) is 0 Å². The molecule has 0 aliphatic carbocycles. The minimum Gasteiger partial charge on any atom is -0.383 e. The Labute approximate surface area is 229 Å². The van der Waals surface area contributed by atoms with Gasteiger partial charge in [-0.05, 0) is 53.8 Å². The smallest absolute Gasteiger partial charge is 0.383 e. The van der Waals surface area contributed by atoms with Crippen molar-refractivity contribution in [2.45, 2.75) is 52.8 Å². The molecular weight excluding hydrogens is 523 g/mol. The standard InChI is InChI=1S/C30H28F3N3O4/c1-4-5-10-26-35-27-18(2)15-22(34-19(3)37)16-25(27)36(26)17-20-11-13-21(14-12-20)23-8-6-7-9-24(23)28(38)40-29(39)30(31,32)33/h6-9,11-16H,4-5,10,17H2,1-3H3,(H,34,37). The second-order valence-corrected chi connectivity index (χ2v) is 9.48. The quantitative estimate of drug-likeness (QED) is 0.197. The zero-order valence-electron chi connectivity index (χ0n) is 22.3. The third-order valence-electron chi connectivity index (χ3n) is 6.37. The highest BCUT2D eigenvalue weighted by Gasteiger charge is 2.42. The largest absolute Gasteiger partial charge is 0.491 e. The Bertz CT molecular complexity index is 1570. The Kier molecular flexibility index (Phi) is 8.37. The highest BCUT2D eigenvalue weighted by atomic mass is 19.4. The van der Waals surface area contributed by atoms with E-state index in [9.17, 15) is 27.6 Å². The SMILES string of the molecule is CCCCc1nc2c(C)cc(NC(C)=O)cc2n1Cc1ccc(-c2ccccc2C(=O)OC(=O)C(F)(F)F)cc1. The summed E-state index contributed by atoms with van der Waals surface area (Å²) < 4.78 is 43.9. The number of nitrogens with one attached hydrogen (secondary N) is 1. The molecule has 40 heavy (non-hydrogen) atoms. The molecule has 10 heteroatoms. The number of hydrogen-bond acceptors (Lipinski definition) is 5. The first kappa shape index (κ1) is 28.5. The molecule has 3 aromatic carbocycles. The summed E-state index contributed by atoms with van der Waals surface area (Å²) >= 11 is 0. The first-order valence-corrected chi connectivity index (χ1v) is 12.8. The third-order valence-corrected chi connectivity index (χ3v) is 6.37. The number of nitrogens with zero attached hydrogens (tertiary/aromatic N) is 2. The van der Waals surface area contributed by atoms with Gasteiger partial charge in [0.25, 0.3) is 0 Å². The summed E-state index contributed by atoms with van der Waals surface area (Å²) in [5.41, 5.74) is 5.05. The zero-order valence-corrected chi connectivity index (χ0v) is 22.3. The van der Waals surface area contributed by atoms with Crippen molar-refractivity contribution in [3.05, 3.63) is 83.2 Å². The van der Waals surface area contributed by atoms with E-state index in [1.54, 1.807) is 24.3 Å². The molecule has 7 nitrogen and oxygen atoms in total. The number of esters is 2. The van der Waals surface area contributed by atoms with E-state index in [4.69, 9.17) is 4.98 Å². The molecule has 0 bridgehead atoms. The van der Waals surface area contributed by atoms with E-state index < -0.39 is 18.1 Å². The van der Waals surface area contributed by atoms with Crippen LogP contribution >= 0.6 is 0 Å². The van der Waals surface area contributed by atoms with Crippen LogP contribution in [0.1, 0.15) is 54.0 Å². The maximum Gasteiger partial charge on any atom is 0.491 e. The van der Waals surface area contributed by atoms with Crippen LogP contribution in [0.2, 0.25) is 0 Å². The van der Waals surface area contributed by atoms with Crippen molar-refractivity contribution in [2.75, 3.05) is 5.32 Å². The molecule has 0 atom stereocenters. The number of anilines is 1. The van der Waals surface area contributed by atoms with Crippen LogP contribution < -0.4 is 5.32 Å². The monoisotopic (exact) mass is 551 g/mol. The number of amides is 1. The first-order chi connectivity index (χ1) is 19.0. The second-order valence-electron chi connectivity index (χ2n) is 9.48. The summed E-state index contributed by atoms with van der Waals surface area (Å²) in [6, 6.07) is 17.0. The number of rotatable bonds is 8. The molecule has 1 aromatic heterocycles. The molecule has 208 valence electrons. The van der Waals surface area contributed by atoms with Gasteiger partial charge in [-0.3, -0.25) is 4.79 Å². The number of alkyl halides is 3. The molecule has 0 unspecified atom stereocenters. The fourth-order valence-corrected chi connectivity index (χ4v) is 4.50. The van der Waals surface area contributed by atoms with Gasteiger partial charge in [-0.25, -0.2) is 14.6 Å². The van der Waals surface area contributed by atoms with E-state index in [-0.39, 0.29) is 11.5 Å². The van der Waals surface area contributed by atoms with Crippen molar-refractivity contribution in [3.63, 3.8) is 0 Å². The summed E-state index contributed by atoms with van der Waals surface area (Å²) in [6.45, 7) is 6.01. The van der Waals surface area contributed by atoms with Crippen molar-refractivity contribution in [1.29, 1.82) is 0 Å². The van der Waals surface area contributed by atoms with Crippen molar-refractivity contribution >= 4 is 34.6 Å². The Hall–Kier alpha value is -4.47. The Morgan fingerprint density at radius 1 is 1.02 bits per heavy atom. The number of hydrogen-bond donors (Lipinski definition) is 1. The molecule has 1 heterocycles. The number of fused-ring (bicyclic) bond motifs is 1. The lowest BCUT2D eigenvalue weighted by molar-refractivity contribution is -0.193. The topological polar surface area (TPSA) is 90.3 Å². The van der Waals surface area contributed by atoms with Gasteiger partial charge in [-0.2, -0.15) is 13.2 Å². The van der Waals surface area contributed by atoms with Gasteiger partial charge in [0.1, 0.15) is 5.82 Å². The van der Waals surface area contributed by atoms with Crippen LogP contribution in [0.15, 0.2) is 60.7 Å². The Morgan fingerprint density at radius 2 is 1.73 bits per heavy atom. The number of aryl methyl sites for hydroxylation is 2. The number of unbranched alkanes of at least 4 members (excludes halogenated alkanes) is 1. The van der Waals surface area contributed by atoms with Gasteiger partial charge in [0.05, 0.1) is 16.6 Å². The van der Waals surface area contributed by atoms with E-state index in [0.717, 1.165) is 47.2 Å². The highest BCUT2D eigenvalue weighted by Crippen LogP contribution is 2.29. The predicted octanol–water partition coefficient (Wildman–Crippen LogP) is 6.61. The summed E-state index contributed by atoms with van der Waals surface area (Å²) in [4.78, 5) is 40.1. The number of benzene rings is 3. The average Bonchev–Trinajstić information content (AvgIpc) is 3.24. The van der Waals surface area contributed by atoms with Crippen molar-refractivity contribution in [3.8, 4) is 11.1 Å². The van der Waals surface area contributed by atoms with Crippen LogP contribution in [0.4, 0.5) is 18.9 Å². The fraction of sp³-hybridized carbons (Fsp3) is 0.267. The van der Waals surface area contributed by atoms with E-state index >= 15 is 0 Å². The number of imidazole rings is 1. The van der Waals surface area contributed by atoms with Gasteiger partial charge >= 0.3 is 18.1 Å². The number of halogens is 3. The average molecular weight is 552 g/mol.